The van der Waals surface area contributed by atoms with Crippen molar-refractivity contribution in [3.8, 4) is 0 Å². The summed E-state index contributed by atoms with van der Waals surface area (Å²) in [5, 5.41) is 0. The summed E-state index contributed by atoms with van der Waals surface area (Å²) in [6.45, 7) is 5.13. The van der Waals surface area contributed by atoms with Crippen molar-refractivity contribution in [3.63, 3.8) is 0 Å². The lowest BCUT2D eigenvalue weighted by Gasteiger charge is -2.13. The van der Waals surface area contributed by atoms with E-state index in [0.29, 0.717) is 13.2 Å². The van der Waals surface area contributed by atoms with Crippen LogP contribution in [0, 0.1) is 13.8 Å². The first-order valence-corrected chi connectivity index (χ1v) is 6.39. The summed E-state index contributed by atoms with van der Waals surface area (Å²) in [7, 11) is 1.64. The van der Waals surface area contributed by atoms with Crippen LogP contribution < -0.4 is 0 Å². The molecule has 3 rings (SSSR count). The SMILES string of the molecule is COCC1OCC(n2cnc3c(C)cc(C)cc32)O1. The van der Waals surface area contributed by atoms with E-state index in [2.05, 4.69) is 31.0 Å². The number of hydrogen-bond donors (Lipinski definition) is 0. The third-order valence-electron chi connectivity index (χ3n) is 3.36. The topological polar surface area (TPSA) is 45.5 Å². The molecule has 1 aliphatic rings. The van der Waals surface area contributed by atoms with Crippen LogP contribution in [0.4, 0.5) is 0 Å². The molecule has 2 unspecified atom stereocenters. The predicted molar refractivity (Wildman–Crippen MR) is 70.9 cm³/mol. The average Bonchev–Trinajstić information content (AvgIpc) is 2.95. The van der Waals surface area contributed by atoms with Gasteiger partial charge < -0.3 is 18.8 Å². The molecule has 2 aromatic rings. The summed E-state index contributed by atoms with van der Waals surface area (Å²) >= 11 is 0. The normalized spacial score (nSPS) is 23.3. The molecule has 0 radical (unpaired) electrons. The molecule has 1 aromatic carbocycles. The number of imidazole rings is 1. The molecule has 2 heterocycles. The lowest BCUT2D eigenvalue weighted by molar-refractivity contribution is -0.106. The monoisotopic (exact) mass is 262 g/mol. The highest BCUT2D eigenvalue weighted by atomic mass is 16.7. The number of hydrogen-bond acceptors (Lipinski definition) is 4. The molecule has 19 heavy (non-hydrogen) atoms. The molecular formula is C14H18N2O3. The van der Waals surface area contributed by atoms with Crippen molar-refractivity contribution >= 4 is 11.0 Å². The molecule has 102 valence electrons. The molecule has 5 nitrogen and oxygen atoms in total. The summed E-state index contributed by atoms with van der Waals surface area (Å²) in [5.74, 6) is 0. The number of rotatable bonds is 3. The van der Waals surface area contributed by atoms with Crippen molar-refractivity contribution in [2.24, 2.45) is 0 Å². The number of ether oxygens (including phenoxy) is 3. The van der Waals surface area contributed by atoms with Crippen LogP contribution in [-0.2, 0) is 14.2 Å². The Bertz CT molecular complexity index is 594. The zero-order chi connectivity index (χ0) is 13.4. The van der Waals surface area contributed by atoms with Crippen LogP contribution in [0.1, 0.15) is 17.4 Å². The van der Waals surface area contributed by atoms with Gasteiger partial charge in [-0.3, -0.25) is 0 Å². The largest absolute Gasteiger partial charge is 0.379 e. The standard InChI is InChI=1S/C14H18N2O3/c1-9-4-10(2)14-11(5-9)16(8-15-14)12-6-18-13(19-12)7-17-3/h4-5,8,12-13H,6-7H2,1-3H3. The fourth-order valence-corrected chi connectivity index (χ4v) is 2.53. The van der Waals surface area contributed by atoms with Crippen molar-refractivity contribution in [2.45, 2.75) is 26.4 Å². The summed E-state index contributed by atoms with van der Waals surface area (Å²) in [6.07, 6.45) is 1.39. The van der Waals surface area contributed by atoms with Crippen LogP contribution in [-0.4, -0.2) is 36.2 Å². The van der Waals surface area contributed by atoms with Gasteiger partial charge in [0.05, 0.1) is 30.6 Å². The van der Waals surface area contributed by atoms with E-state index in [1.807, 2.05) is 10.9 Å². The van der Waals surface area contributed by atoms with Gasteiger partial charge >= 0.3 is 0 Å². The molecule has 0 aliphatic carbocycles. The van der Waals surface area contributed by atoms with Crippen molar-refractivity contribution in [2.75, 3.05) is 20.3 Å². The van der Waals surface area contributed by atoms with Crippen LogP contribution in [0.2, 0.25) is 0 Å². The van der Waals surface area contributed by atoms with Crippen LogP contribution in [0.25, 0.3) is 11.0 Å². The van der Waals surface area contributed by atoms with Gasteiger partial charge in [0.15, 0.2) is 12.5 Å². The maximum absolute atomic E-state index is 5.81. The molecule has 0 amide bonds. The second-order valence-corrected chi connectivity index (χ2v) is 4.91. The Morgan fingerprint density at radius 2 is 2.26 bits per heavy atom. The minimum atomic E-state index is -0.293. The first-order valence-electron chi connectivity index (χ1n) is 6.39. The fourth-order valence-electron chi connectivity index (χ4n) is 2.53. The minimum Gasteiger partial charge on any atom is -0.379 e. The first kappa shape index (κ1) is 12.6. The van der Waals surface area contributed by atoms with Crippen LogP contribution in [0.3, 0.4) is 0 Å². The Kier molecular flexibility index (Phi) is 3.26. The lowest BCUT2D eigenvalue weighted by atomic mass is 10.1. The highest BCUT2D eigenvalue weighted by molar-refractivity contribution is 5.79. The molecule has 0 saturated carbocycles. The van der Waals surface area contributed by atoms with Crippen molar-refractivity contribution in [1.29, 1.82) is 0 Å². The maximum Gasteiger partial charge on any atom is 0.183 e. The third-order valence-corrected chi connectivity index (χ3v) is 3.36. The molecule has 2 atom stereocenters. The molecule has 0 spiro atoms. The van der Waals surface area contributed by atoms with E-state index in [0.717, 1.165) is 11.0 Å². The van der Waals surface area contributed by atoms with E-state index in [-0.39, 0.29) is 12.5 Å². The second-order valence-electron chi connectivity index (χ2n) is 4.91. The van der Waals surface area contributed by atoms with Gasteiger partial charge in [0.1, 0.15) is 0 Å². The summed E-state index contributed by atoms with van der Waals surface area (Å²) in [4.78, 5) is 4.47. The van der Waals surface area contributed by atoms with Crippen LogP contribution >= 0.6 is 0 Å². The Morgan fingerprint density at radius 3 is 3.05 bits per heavy atom. The van der Waals surface area contributed by atoms with E-state index in [1.165, 1.54) is 11.1 Å². The molecule has 1 fully saturated rings. The number of aryl methyl sites for hydroxylation is 2. The van der Waals surface area contributed by atoms with Gasteiger partial charge in [-0.2, -0.15) is 0 Å². The highest BCUT2D eigenvalue weighted by Crippen LogP contribution is 2.27. The molecule has 5 heteroatoms. The number of benzene rings is 1. The maximum atomic E-state index is 5.81. The summed E-state index contributed by atoms with van der Waals surface area (Å²) in [5.41, 5.74) is 4.51. The zero-order valence-electron chi connectivity index (χ0n) is 11.4. The molecule has 0 N–H and O–H groups in total. The van der Waals surface area contributed by atoms with Crippen molar-refractivity contribution in [3.05, 3.63) is 29.6 Å². The van der Waals surface area contributed by atoms with E-state index < -0.39 is 0 Å². The lowest BCUT2D eigenvalue weighted by Crippen LogP contribution is -2.16. The van der Waals surface area contributed by atoms with Crippen LogP contribution in [0.5, 0.6) is 0 Å². The average molecular weight is 262 g/mol. The van der Waals surface area contributed by atoms with Gasteiger partial charge in [-0.05, 0) is 31.0 Å². The Labute approximate surface area is 112 Å². The van der Waals surface area contributed by atoms with Gasteiger partial charge in [-0.25, -0.2) is 4.98 Å². The predicted octanol–water partition coefficient (Wildman–Crippen LogP) is 2.17. The molecule has 0 bridgehead atoms. The zero-order valence-corrected chi connectivity index (χ0v) is 11.4. The molecule has 1 aliphatic heterocycles. The van der Waals surface area contributed by atoms with Gasteiger partial charge in [0.2, 0.25) is 0 Å². The van der Waals surface area contributed by atoms with Crippen molar-refractivity contribution in [1.82, 2.24) is 9.55 Å². The minimum absolute atomic E-state index is 0.133. The highest BCUT2D eigenvalue weighted by Gasteiger charge is 2.28. The molecular weight excluding hydrogens is 244 g/mol. The Morgan fingerprint density at radius 1 is 1.42 bits per heavy atom. The Balaban J connectivity index is 1.94. The quantitative estimate of drug-likeness (QED) is 0.850. The number of aromatic nitrogens is 2. The smallest absolute Gasteiger partial charge is 0.183 e. The van der Waals surface area contributed by atoms with Gasteiger partial charge in [0.25, 0.3) is 0 Å². The van der Waals surface area contributed by atoms with E-state index in [4.69, 9.17) is 14.2 Å². The van der Waals surface area contributed by atoms with Crippen molar-refractivity contribution < 1.29 is 14.2 Å². The van der Waals surface area contributed by atoms with Gasteiger partial charge in [-0.1, -0.05) is 6.07 Å². The Hall–Kier alpha value is -1.43. The number of fused-ring (bicyclic) bond motifs is 1. The summed E-state index contributed by atoms with van der Waals surface area (Å²) < 4.78 is 18.4. The van der Waals surface area contributed by atoms with Gasteiger partial charge in [0, 0.05) is 7.11 Å². The van der Waals surface area contributed by atoms with E-state index in [1.54, 1.807) is 7.11 Å². The number of nitrogens with zero attached hydrogens (tertiary/aromatic N) is 2. The van der Waals surface area contributed by atoms with E-state index >= 15 is 0 Å². The van der Waals surface area contributed by atoms with Gasteiger partial charge in [-0.15, -0.1) is 0 Å². The van der Waals surface area contributed by atoms with E-state index in [9.17, 15) is 0 Å². The van der Waals surface area contributed by atoms with Crippen LogP contribution in [0.15, 0.2) is 18.5 Å². The molecule has 1 aromatic heterocycles. The third kappa shape index (κ3) is 2.25. The molecule has 1 saturated heterocycles. The number of methoxy groups -OCH3 is 1. The summed E-state index contributed by atoms with van der Waals surface area (Å²) in [6, 6.07) is 4.27. The second kappa shape index (κ2) is 4.92. The first-order chi connectivity index (χ1) is 9.19. The fraction of sp³-hybridized carbons (Fsp3) is 0.500.